The monoisotopic (exact) mass is 342 g/mol. The molecule has 2 aromatic rings. The second-order valence-electron chi connectivity index (χ2n) is 6.95. The largest absolute Gasteiger partial charge is 0.351 e. The molecule has 0 spiro atoms. The summed E-state index contributed by atoms with van der Waals surface area (Å²) in [6.07, 6.45) is 3.40. The first kappa shape index (κ1) is 15.6. The average molecular weight is 342 g/mol. The summed E-state index contributed by atoms with van der Waals surface area (Å²) in [5, 5.41) is 4.29. The highest BCUT2D eigenvalue weighted by Crippen LogP contribution is 2.40. The lowest BCUT2D eigenvalue weighted by Crippen LogP contribution is -2.27. The maximum atomic E-state index is 12.8. The van der Waals surface area contributed by atoms with Gasteiger partial charge < -0.3 is 10.2 Å². The van der Waals surface area contributed by atoms with E-state index in [2.05, 4.69) is 17.4 Å². The van der Waals surface area contributed by atoms with Crippen molar-refractivity contribution in [2.45, 2.75) is 32.1 Å². The highest BCUT2D eigenvalue weighted by molar-refractivity contribution is 7.21. The summed E-state index contributed by atoms with van der Waals surface area (Å²) < 4.78 is 1.16. The van der Waals surface area contributed by atoms with Crippen molar-refractivity contribution in [3.8, 4) is 0 Å². The Morgan fingerprint density at radius 2 is 2.04 bits per heavy atom. The van der Waals surface area contributed by atoms with Crippen molar-refractivity contribution in [3.63, 3.8) is 0 Å². The van der Waals surface area contributed by atoms with Crippen LogP contribution in [0.2, 0.25) is 0 Å². The van der Waals surface area contributed by atoms with Gasteiger partial charge in [0.05, 0.1) is 4.88 Å². The summed E-state index contributed by atoms with van der Waals surface area (Å²) in [4.78, 5) is 27.2. The Bertz CT molecular complexity index is 794. The Morgan fingerprint density at radius 1 is 1.25 bits per heavy atom. The number of carbonyl (C=O) groups excluding carboxylic acids is 2. The summed E-state index contributed by atoms with van der Waals surface area (Å²) in [6.45, 7) is 3.92. The summed E-state index contributed by atoms with van der Waals surface area (Å²) in [5.41, 5.74) is 1.15. The van der Waals surface area contributed by atoms with E-state index in [1.165, 1.54) is 18.2 Å². The summed E-state index contributed by atoms with van der Waals surface area (Å²) >= 11 is 1.59. The molecule has 126 valence electrons. The van der Waals surface area contributed by atoms with E-state index < -0.39 is 0 Å². The molecule has 1 aromatic carbocycles. The Labute approximate surface area is 145 Å². The van der Waals surface area contributed by atoms with E-state index in [1.807, 2.05) is 17.0 Å². The molecule has 0 unspecified atom stereocenters. The standard InChI is InChI=1S/C19H22N2O2S/c1-12(22)21-9-8-14(11-21)17-15-4-2-3-5-16(15)24-18(17)19(23)20-10-13-6-7-13/h2-5,13-14H,6-11H2,1H3,(H,20,23)/t14-/m0/s1. The molecule has 1 aliphatic carbocycles. The Kier molecular flexibility index (Phi) is 4.04. The number of hydrogen-bond acceptors (Lipinski definition) is 3. The van der Waals surface area contributed by atoms with Crippen LogP contribution >= 0.6 is 11.3 Å². The Hall–Kier alpha value is -1.88. The molecule has 1 aromatic heterocycles. The molecule has 2 amide bonds. The van der Waals surface area contributed by atoms with E-state index in [0.717, 1.165) is 41.2 Å². The van der Waals surface area contributed by atoms with Crippen molar-refractivity contribution in [2.24, 2.45) is 5.92 Å². The van der Waals surface area contributed by atoms with Crippen LogP contribution in [-0.4, -0.2) is 36.3 Å². The summed E-state index contributed by atoms with van der Waals surface area (Å²) in [5.74, 6) is 1.11. The number of fused-ring (bicyclic) bond motifs is 1. The van der Waals surface area contributed by atoms with Gasteiger partial charge in [0.2, 0.25) is 5.91 Å². The van der Waals surface area contributed by atoms with Crippen molar-refractivity contribution in [1.82, 2.24) is 10.2 Å². The molecule has 1 N–H and O–H groups in total. The molecule has 5 heteroatoms. The molecule has 1 atom stereocenters. The van der Waals surface area contributed by atoms with Gasteiger partial charge in [-0.1, -0.05) is 18.2 Å². The van der Waals surface area contributed by atoms with Crippen molar-refractivity contribution >= 4 is 33.2 Å². The van der Waals surface area contributed by atoms with E-state index in [4.69, 9.17) is 0 Å². The van der Waals surface area contributed by atoms with E-state index in [-0.39, 0.29) is 17.7 Å². The number of amides is 2. The van der Waals surface area contributed by atoms with E-state index in [0.29, 0.717) is 5.92 Å². The number of rotatable bonds is 4. The summed E-state index contributed by atoms with van der Waals surface area (Å²) in [7, 11) is 0. The van der Waals surface area contributed by atoms with Crippen LogP contribution in [0.4, 0.5) is 0 Å². The molecule has 2 fully saturated rings. The lowest BCUT2D eigenvalue weighted by Gasteiger charge is -2.15. The lowest BCUT2D eigenvalue weighted by molar-refractivity contribution is -0.127. The van der Waals surface area contributed by atoms with E-state index in [9.17, 15) is 9.59 Å². The topological polar surface area (TPSA) is 49.4 Å². The SMILES string of the molecule is CC(=O)N1CC[C@H](c2c(C(=O)NCC3CC3)sc3ccccc23)C1. The van der Waals surface area contributed by atoms with Gasteiger partial charge in [0.1, 0.15) is 0 Å². The molecule has 2 heterocycles. The van der Waals surface area contributed by atoms with E-state index >= 15 is 0 Å². The van der Waals surface area contributed by atoms with Crippen molar-refractivity contribution in [1.29, 1.82) is 0 Å². The van der Waals surface area contributed by atoms with Crippen LogP contribution in [0.15, 0.2) is 24.3 Å². The van der Waals surface area contributed by atoms with Crippen molar-refractivity contribution in [3.05, 3.63) is 34.7 Å². The van der Waals surface area contributed by atoms with Gasteiger partial charge in [0, 0.05) is 37.2 Å². The zero-order valence-corrected chi connectivity index (χ0v) is 14.7. The zero-order chi connectivity index (χ0) is 16.7. The van der Waals surface area contributed by atoms with Crippen LogP contribution < -0.4 is 5.32 Å². The predicted octanol–water partition coefficient (Wildman–Crippen LogP) is 3.38. The van der Waals surface area contributed by atoms with Crippen LogP contribution in [0.5, 0.6) is 0 Å². The second-order valence-corrected chi connectivity index (χ2v) is 8.00. The van der Waals surface area contributed by atoms with Gasteiger partial charge in [0.15, 0.2) is 0 Å². The smallest absolute Gasteiger partial charge is 0.261 e. The number of likely N-dealkylation sites (tertiary alicyclic amines) is 1. The van der Waals surface area contributed by atoms with Gasteiger partial charge in [-0.3, -0.25) is 9.59 Å². The molecule has 24 heavy (non-hydrogen) atoms. The third-order valence-corrected chi connectivity index (χ3v) is 6.32. The zero-order valence-electron chi connectivity index (χ0n) is 13.9. The molecule has 1 aliphatic heterocycles. The molecule has 2 aliphatic rings. The van der Waals surface area contributed by atoms with Crippen LogP contribution in [0, 0.1) is 5.92 Å². The minimum absolute atomic E-state index is 0.0550. The molecule has 4 nitrogen and oxygen atoms in total. The van der Waals surface area contributed by atoms with Crippen LogP contribution in [0.1, 0.15) is 47.3 Å². The van der Waals surface area contributed by atoms with Gasteiger partial charge in [-0.25, -0.2) is 0 Å². The number of nitrogens with one attached hydrogen (secondary N) is 1. The van der Waals surface area contributed by atoms with Crippen LogP contribution in [-0.2, 0) is 4.79 Å². The third kappa shape index (κ3) is 2.93. The molecular weight excluding hydrogens is 320 g/mol. The fourth-order valence-electron chi connectivity index (χ4n) is 3.56. The van der Waals surface area contributed by atoms with Crippen molar-refractivity contribution < 1.29 is 9.59 Å². The number of hydrogen-bond donors (Lipinski definition) is 1. The molecular formula is C19H22N2O2S. The maximum absolute atomic E-state index is 12.8. The number of benzene rings is 1. The molecule has 1 saturated heterocycles. The second kappa shape index (κ2) is 6.20. The fraction of sp³-hybridized carbons (Fsp3) is 0.474. The Balaban J connectivity index is 1.67. The highest BCUT2D eigenvalue weighted by Gasteiger charge is 2.32. The quantitative estimate of drug-likeness (QED) is 0.926. The minimum Gasteiger partial charge on any atom is -0.351 e. The molecule has 4 rings (SSSR count). The third-order valence-electron chi connectivity index (χ3n) is 5.13. The molecule has 1 saturated carbocycles. The highest BCUT2D eigenvalue weighted by atomic mass is 32.1. The first-order valence-electron chi connectivity index (χ1n) is 8.68. The average Bonchev–Trinajstić information content (AvgIpc) is 3.13. The fourth-order valence-corrected chi connectivity index (χ4v) is 4.77. The first-order valence-corrected chi connectivity index (χ1v) is 9.50. The normalized spacial score (nSPS) is 20.5. The van der Waals surface area contributed by atoms with Crippen LogP contribution in [0.25, 0.3) is 10.1 Å². The molecule has 0 bridgehead atoms. The van der Waals surface area contributed by atoms with Crippen LogP contribution in [0.3, 0.4) is 0 Å². The molecule has 0 radical (unpaired) electrons. The Morgan fingerprint density at radius 3 is 2.75 bits per heavy atom. The van der Waals surface area contributed by atoms with Gasteiger partial charge >= 0.3 is 0 Å². The number of thiophene rings is 1. The lowest BCUT2D eigenvalue weighted by atomic mass is 9.95. The van der Waals surface area contributed by atoms with Gasteiger partial charge in [-0.2, -0.15) is 0 Å². The van der Waals surface area contributed by atoms with Gasteiger partial charge in [-0.05, 0) is 42.2 Å². The van der Waals surface area contributed by atoms with E-state index in [1.54, 1.807) is 18.3 Å². The first-order chi connectivity index (χ1) is 11.6. The number of nitrogens with zero attached hydrogens (tertiary/aromatic N) is 1. The maximum Gasteiger partial charge on any atom is 0.261 e. The number of carbonyl (C=O) groups is 2. The predicted molar refractivity (Wildman–Crippen MR) is 96.5 cm³/mol. The summed E-state index contributed by atoms with van der Waals surface area (Å²) in [6, 6.07) is 8.24. The van der Waals surface area contributed by atoms with Crippen molar-refractivity contribution in [2.75, 3.05) is 19.6 Å². The minimum atomic E-state index is 0.0550. The van der Waals surface area contributed by atoms with Gasteiger partial charge in [0.25, 0.3) is 5.91 Å². The van der Waals surface area contributed by atoms with Gasteiger partial charge in [-0.15, -0.1) is 11.3 Å².